The van der Waals surface area contributed by atoms with E-state index in [2.05, 4.69) is 46.1 Å². The number of aromatic nitrogens is 3. The zero-order chi connectivity index (χ0) is 24.7. The van der Waals surface area contributed by atoms with Gasteiger partial charge in [0.25, 0.3) is 5.89 Å². The van der Waals surface area contributed by atoms with Crippen molar-refractivity contribution in [1.82, 2.24) is 20.4 Å². The molecule has 0 fully saturated rings. The first kappa shape index (κ1) is 25.2. The lowest BCUT2D eigenvalue weighted by molar-refractivity contribution is -0.119. The zero-order valence-corrected chi connectivity index (χ0v) is 20.6. The molecule has 0 saturated heterocycles. The number of carbonyl (C=O) groups is 1. The topological polar surface area (TPSA) is 119 Å². The van der Waals surface area contributed by atoms with Crippen molar-refractivity contribution in [3.05, 3.63) is 41.1 Å². The number of benzene rings is 1. The smallest absolute Gasteiger partial charge is 0.258 e. The molecule has 0 atom stereocenters. The number of hydrogen-bond acceptors (Lipinski definition) is 8. The van der Waals surface area contributed by atoms with Crippen LogP contribution in [0.25, 0.3) is 22.8 Å². The van der Waals surface area contributed by atoms with Gasteiger partial charge in [-0.3, -0.25) is 4.79 Å². The Bertz CT molecular complexity index is 1120. The minimum Gasteiger partial charge on any atom is -0.491 e. The Hall–Kier alpha value is -3.46. The number of nitrogens with one attached hydrogen (secondary N) is 1. The molecule has 3 rings (SSSR count). The van der Waals surface area contributed by atoms with Crippen LogP contribution < -0.4 is 20.7 Å². The van der Waals surface area contributed by atoms with Crippen molar-refractivity contribution in [3.63, 3.8) is 0 Å². The second-order valence-corrected chi connectivity index (χ2v) is 7.99. The van der Waals surface area contributed by atoms with Gasteiger partial charge in [0.05, 0.1) is 13.1 Å². The summed E-state index contributed by atoms with van der Waals surface area (Å²) in [6.07, 6.45) is 0.778. The van der Waals surface area contributed by atoms with Gasteiger partial charge in [-0.2, -0.15) is 4.98 Å². The maximum Gasteiger partial charge on any atom is 0.258 e. The number of hydrogen-bond donors (Lipinski definition) is 2. The van der Waals surface area contributed by atoms with Gasteiger partial charge in [-0.1, -0.05) is 12.1 Å². The first-order valence-electron chi connectivity index (χ1n) is 11.7. The fraction of sp³-hybridized carbons (Fsp3) is 0.440. The molecule has 0 aliphatic heterocycles. The van der Waals surface area contributed by atoms with Gasteiger partial charge in [0.15, 0.2) is 0 Å². The Morgan fingerprint density at radius 2 is 1.85 bits per heavy atom. The van der Waals surface area contributed by atoms with Crippen molar-refractivity contribution >= 4 is 11.7 Å². The number of pyridine rings is 1. The van der Waals surface area contributed by atoms with Crippen LogP contribution in [0.5, 0.6) is 5.75 Å². The van der Waals surface area contributed by atoms with E-state index in [-0.39, 0.29) is 12.5 Å². The molecule has 1 amide bonds. The summed E-state index contributed by atoms with van der Waals surface area (Å²) < 4.78 is 11.6. The van der Waals surface area contributed by atoms with E-state index in [0.29, 0.717) is 24.9 Å². The minimum atomic E-state index is -0.201. The molecule has 2 aromatic heterocycles. The molecule has 0 spiro atoms. The summed E-state index contributed by atoms with van der Waals surface area (Å²) in [6, 6.07) is 7.95. The molecule has 0 aliphatic rings. The molecular formula is C25H34N6O3. The SMILES string of the molecule is CCc1cc(-c2noc(-c3cc(C)nc(N(CC)CC)c3)n2)cc(C)c1OCCNC(=O)CN. The summed E-state index contributed by atoms with van der Waals surface area (Å²) in [4.78, 5) is 22.8. The number of nitrogens with zero attached hydrogens (tertiary/aromatic N) is 4. The van der Waals surface area contributed by atoms with E-state index < -0.39 is 0 Å². The molecule has 182 valence electrons. The summed E-state index contributed by atoms with van der Waals surface area (Å²) in [5.74, 6) is 2.49. The number of rotatable bonds is 11. The van der Waals surface area contributed by atoms with E-state index in [1.54, 1.807) is 0 Å². The van der Waals surface area contributed by atoms with Crippen molar-refractivity contribution < 1.29 is 14.1 Å². The Kier molecular flexibility index (Phi) is 8.59. The number of amides is 1. The van der Waals surface area contributed by atoms with Gasteiger partial charge in [-0.05, 0) is 69.5 Å². The standard InChI is InChI=1S/C25H34N6O3/c1-6-18-13-19(11-16(4)23(18)33-10-9-27-22(32)15-26)24-29-25(34-30-24)20-12-17(5)28-21(14-20)31(7-2)8-3/h11-14H,6-10,15,26H2,1-5H3,(H,27,32). The third kappa shape index (κ3) is 5.91. The van der Waals surface area contributed by atoms with Gasteiger partial charge in [-0.15, -0.1) is 0 Å². The van der Waals surface area contributed by atoms with Crippen LogP contribution in [0.2, 0.25) is 0 Å². The normalized spacial score (nSPS) is 10.9. The summed E-state index contributed by atoms with van der Waals surface area (Å²) in [6.45, 7) is 12.7. The minimum absolute atomic E-state index is 0.0313. The molecule has 3 N–H and O–H groups in total. The second kappa shape index (κ2) is 11.6. The van der Waals surface area contributed by atoms with Crippen molar-refractivity contribution in [1.29, 1.82) is 0 Å². The third-order valence-electron chi connectivity index (χ3n) is 5.55. The van der Waals surface area contributed by atoms with Crippen molar-refractivity contribution in [3.8, 4) is 28.6 Å². The summed E-state index contributed by atoms with van der Waals surface area (Å²) >= 11 is 0. The van der Waals surface area contributed by atoms with Crippen LogP contribution >= 0.6 is 0 Å². The fourth-order valence-electron chi connectivity index (χ4n) is 3.80. The Morgan fingerprint density at radius 3 is 2.53 bits per heavy atom. The Morgan fingerprint density at radius 1 is 1.09 bits per heavy atom. The number of anilines is 1. The zero-order valence-electron chi connectivity index (χ0n) is 20.6. The van der Waals surface area contributed by atoms with E-state index in [0.717, 1.165) is 59.0 Å². The average molecular weight is 467 g/mol. The van der Waals surface area contributed by atoms with Crippen molar-refractivity contribution in [2.24, 2.45) is 5.73 Å². The average Bonchev–Trinajstić information content (AvgIpc) is 3.33. The highest BCUT2D eigenvalue weighted by atomic mass is 16.5. The van der Waals surface area contributed by atoms with Crippen LogP contribution in [-0.4, -0.2) is 53.8 Å². The highest BCUT2D eigenvalue weighted by molar-refractivity contribution is 5.77. The van der Waals surface area contributed by atoms with Crippen LogP contribution in [-0.2, 0) is 11.2 Å². The molecule has 34 heavy (non-hydrogen) atoms. The van der Waals surface area contributed by atoms with E-state index >= 15 is 0 Å². The van der Waals surface area contributed by atoms with E-state index in [1.165, 1.54) is 0 Å². The maximum absolute atomic E-state index is 11.3. The largest absolute Gasteiger partial charge is 0.491 e. The predicted octanol–water partition coefficient (Wildman–Crippen LogP) is 3.28. The second-order valence-electron chi connectivity index (χ2n) is 7.99. The quantitative estimate of drug-likeness (QED) is 0.413. The van der Waals surface area contributed by atoms with E-state index in [4.69, 9.17) is 15.0 Å². The number of ether oxygens (including phenoxy) is 1. The monoisotopic (exact) mass is 466 g/mol. The van der Waals surface area contributed by atoms with Gasteiger partial charge >= 0.3 is 0 Å². The Labute approximate surface area is 200 Å². The highest BCUT2D eigenvalue weighted by Crippen LogP contribution is 2.31. The van der Waals surface area contributed by atoms with Gasteiger partial charge in [0, 0.05) is 29.9 Å². The molecule has 0 saturated carbocycles. The predicted molar refractivity (Wildman–Crippen MR) is 133 cm³/mol. The summed E-state index contributed by atoms with van der Waals surface area (Å²) in [5, 5.41) is 6.95. The van der Waals surface area contributed by atoms with Gasteiger partial charge in [0.2, 0.25) is 11.7 Å². The molecule has 9 heteroatoms. The lowest BCUT2D eigenvalue weighted by Crippen LogP contribution is -2.33. The lowest BCUT2D eigenvalue weighted by Gasteiger charge is -2.20. The van der Waals surface area contributed by atoms with E-state index in [1.807, 2.05) is 38.1 Å². The van der Waals surface area contributed by atoms with Gasteiger partial charge < -0.3 is 25.2 Å². The number of aryl methyl sites for hydroxylation is 3. The highest BCUT2D eigenvalue weighted by Gasteiger charge is 2.17. The summed E-state index contributed by atoms with van der Waals surface area (Å²) in [5.41, 5.74) is 9.92. The van der Waals surface area contributed by atoms with Crippen LogP contribution in [0.4, 0.5) is 5.82 Å². The molecule has 0 aliphatic carbocycles. The number of carbonyl (C=O) groups excluding carboxylic acids is 1. The van der Waals surface area contributed by atoms with Gasteiger partial charge in [0.1, 0.15) is 18.2 Å². The van der Waals surface area contributed by atoms with Crippen LogP contribution in [0.1, 0.15) is 37.6 Å². The molecule has 0 bridgehead atoms. The molecule has 0 radical (unpaired) electrons. The van der Waals surface area contributed by atoms with Crippen LogP contribution in [0.3, 0.4) is 0 Å². The van der Waals surface area contributed by atoms with Crippen LogP contribution in [0, 0.1) is 13.8 Å². The first-order chi connectivity index (χ1) is 16.4. The van der Waals surface area contributed by atoms with Gasteiger partial charge in [-0.25, -0.2) is 4.98 Å². The van der Waals surface area contributed by atoms with Crippen molar-refractivity contribution in [2.45, 2.75) is 41.0 Å². The first-order valence-corrected chi connectivity index (χ1v) is 11.7. The lowest BCUT2D eigenvalue weighted by atomic mass is 10.0. The van der Waals surface area contributed by atoms with Crippen molar-refractivity contribution in [2.75, 3.05) is 37.7 Å². The molecule has 0 unspecified atom stereocenters. The van der Waals surface area contributed by atoms with E-state index in [9.17, 15) is 4.79 Å². The molecule has 3 aromatic rings. The third-order valence-corrected chi connectivity index (χ3v) is 5.55. The molecule has 1 aromatic carbocycles. The number of nitrogens with two attached hydrogens (primary N) is 1. The summed E-state index contributed by atoms with van der Waals surface area (Å²) in [7, 11) is 0. The van der Waals surface area contributed by atoms with Crippen LogP contribution in [0.15, 0.2) is 28.8 Å². The molecule has 9 nitrogen and oxygen atoms in total. The fourth-order valence-corrected chi connectivity index (χ4v) is 3.80. The molecule has 2 heterocycles. The molecular weight excluding hydrogens is 432 g/mol. The Balaban J connectivity index is 1.84. The maximum atomic E-state index is 11.3.